The second kappa shape index (κ2) is 4.61. The third-order valence-electron chi connectivity index (χ3n) is 2.26. The molecule has 2 rings (SSSR count). The molecule has 0 atom stereocenters. The van der Waals surface area contributed by atoms with Gasteiger partial charge in [-0.05, 0) is 25.1 Å². The van der Waals surface area contributed by atoms with E-state index in [2.05, 4.69) is 15.2 Å². The maximum atomic E-state index is 5.23. The van der Waals surface area contributed by atoms with Crippen LogP contribution in [0.2, 0.25) is 0 Å². The number of ether oxygens (including phenoxy) is 1. The van der Waals surface area contributed by atoms with Crippen molar-refractivity contribution in [3.63, 3.8) is 0 Å². The van der Waals surface area contributed by atoms with Gasteiger partial charge in [0.05, 0.1) is 18.5 Å². The lowest BCUT2D eigenvalue weighted by Gasteiger charge is -2.04. The first-order chi connectivity index (χ1) is 7.81. The third-order valence-corrected chi connectivity index (χ3v) is 2.26. The smallest absolute Gasteiger partial charge is 0.144 e. The topological polar surface area (TPSA) is 50.3 Å². The molecule has 1 aromatic heterocycles. The number of methoxy groups -OCH3 is 1. The number of aromatic nitrogens is 2. The Morgan fingerprint density at radius 3 is 2.81 bits per heavy atom. The highest BCUT2D eigenvalue weighted by Crippen LogP contribution is 2.26. The maximum absolute atomic E-state index is 5.23. The van der Waals surface area contributed by atoms with Crippen LogP contribution in [0.25, 0.3) is 0 Å². The Labute approximate surface area is 94.0 Å². The SMILES string of the molecule is COc1ccccc1N=C(C)c1ccn[nH]1. The number of aliphatic imine (C=N–C) groups is 1. The van der Waals surface area contributed by atoms with Gasteiger partial charge in [0.25, 0.3) is 0 Å². The molecule has 0 radical (unpaired) electrons. The largest absolute Gasteiger partial charge is 0.494 e. The average Bonchev–Trinajstić information content (AvgIpc) is 2.83. The zero-order valence-corrected chi connectivity index (χ0v) is 9.27. The highest BCUT2D eigenvalue weighted by molar-refractivity contribution is 5.98. The maximum Gasteiger partial charge on any atom is 0.144 e. The van der Waals surface area contributed by atoms with Crippen LogP contribution in [0.4, 0.5) is 5.69 Å². The highest BCUT2D eigenvalue weighted by Gasteiger charge is 2.02. The number of para-hydroxylation sites is 2. The van der Waals surface area contributed by atoms with Crippen LogP contribution < -0.4 is 4.74 Å². The Bertz CT molecular complexity index is 489. The number of aromatic amines is 1. The predicted octanol–water partition coefficient (Wildman–Crippen LogP) is 2.56. The molecule has 16 heavy (non-hydrogen) atoms. The van der Waals surface area contributed by atoms with Crippen molar-refractivity contribution in [1.82, 2.24) is 10.2 Å². The normalized spacial score (nSPS) is 11.5. The first-order valence-corrected chi connectivity index (χ1v) is 4.99. The lowest BCUT2D eigenvalue weighted by atomic mass is 10.2. The van der Waals surface area contributed by atoms with Crippen molar-refractivity contribution in [3.05, 3.63) is 42.2 Å². The molecule has 0 aliphatic rings. The summed E-state index contributed by atoms with van der Waals surface area (Å²) in [4.78, 5) is 4.49. The number of hydrogen-bond donors (Lipinski definition) is 1. The van der Waals surface area contributed by atoms with Crippen LogP contribution in [-0.4, -0.2) is 23.0 Å². The molecule has 0 aliphatic heterocycles. The summed E-state index contributed by atoms with van der Waals surface area (Å²) in [6.07, 6.45) is 1.70. The van der Waals surface area contributed by atoms with Crippen LogP contribution in [-0.2, 0) is 0 Å². The van der Waals surface area contributed by atoms with E-state index in [-0.39, 0.29) is 0 Å². The quantitative estimate of drug-likeness (QED) is 0.800. The minimum atomic E-state index is 0.765. The first kappa shape index (κ1) is 10.4. The van der Waals surface area contributed by atoms with Gasteiger partial charge in [0.2, 0.25) is 0 Å². The summed E-state index contributed by atoms with van der Waals surface area (Å²) in [7, 11) is 1.64. The molecule has 1 aromatic carbocycles. The summed E-state index contributed by atoms with van der Waals surface area (Å²) in [5.74, 6) is 0.765. The molecule has 0 fully saturated rings. The van der Waals surface area contributed by atoms with Crippen molar-refractivity contribution < 1.29 is 4.74 Å². The van der Waals surface area contributed by atoms with Crippen LogP contribution in [0, 0.1) is 0 Å². The van der Waals surface area contributed by atoms with Gasteiger partial charge in [0, 0.05) is 6.20 Å². The Morgan fingerprint density at radius 2 is 2.12 bits per heavy atom. The second-order valence-electron chi connectivity index (χ2n) is 3.34. The molecule has 0 spiro atoms. The summed E-state index contributed by atoms with van der Waals surface area (Å²) in [5.41, 5.74) is 2.60. The lowest BCUT2D eigenvalue weighted by molar-refractivity contribution is 0.416. The van der Waals surface area contributed by atoms with Crippen LogP contribution in [0.3, 0.4) is 0 Å². The van der Waals surface area contributed by atoms with Crippen molar-refractivity contribution in [1.29, 1.82) is 0 Å². The fraction of sp³-hybridized carbons (Fsp3) is 0.167. The molecule has 0 saturated heterocycles. The van der Waals surface area contributed by atoms with Crippen molar-refractivity contribution >= 4 is 11.4 Å². The van der Waals surface area contributed by atoms with Gasteiger partial charge in [-0.1, -0.05) is 12.1 Å². The summed E-state index contributed by atoms with van der Waals surface area (Å²) in [6, 6.07) is 9.54. The van der Waals surface area contributed by atoms with Crippen LogP contribution in [0.5, 0.6) is 5.75 Å². The minimum absolute atomic E-state index is 0.765. The van der Waals surface area contributed by atoms with Crippen molar-refractivity contribution in [2.45, 2.75) is 6.92 Å². The molecule has 1 heterocycles. The zero-order chi connectivity index (χ0) is 11.4. The van der Waals surface area contributed by atoms with Gasteiger partial charge >= 0.3 is 0 Å². The number of nitrogens with zero attached hydrogens (tertiary/aromatic N) is 2. The van der Waals surface area contributed by atoms with Crippen LogP contribution in [0.15, 0.2) is 41.5 Å². The number of hydrogen-bond acceptors (Lipinski definition) is 3. The van der Waals surface area contributed by atoms with Gasteiger partial charge in [0.15, 0.2) is 0 Å². The van der Waals surface area contributed by atoms with E-state index in [4.69, 9.17) is 4.74 Å². The number of benzene rings is 1. The Morgan fingerprint density at radius 1 is 1.31 bits per heavy atom. The van der Waals surface area contributed by atoms with Gasteiger partial charge in [-0.2, -0.15) is 5.10 Å². The molecule has 4 nitrogen and oxygen atoms in total. The van der Waals surface area contributed by atoms with Gasteiger partial charge in [0.1, 0.15) is 11.4 Å². The van der Waals surface area contributed by atoms with E-state index in [1.807, 2.05) is 37.3 Å². The highest BCUT2D eigenvalue weighted by atomic mass is 16.5. The molecule has 0 unspecified atom stereocenters. The molecule has 0 amide bonds. The molecule has 0 aliphatic carbocycles. The van der Waals surface area contributed by atoms with Crippen molar-refractivity contribution in [2.75, 3.05) is 7.11 Å². The average molecular weight is 215 g/mol. The standard InChI is InChI=1S/C12H13N3O/c1-9(10-7-8-13-15-10)14-11-5-3-4-6-12(11)16-2/h3-8H,1-2H3,(H,13,15). The molecular weight excluding hydrogens is 202 g/mol. The van der Waals surface area contributed by atoms with Gasteiger partial charge in [-0.25, -0.2) is 4.99 Å². The second-order valence-corrected chi connectivity index (χ2v) is 3.34. The monoisotopic (exact) mass is 215 g/mol. The van der Waals surface area contributed by atoms with E-state index >= 15 is 0 Å². The molecule has 82 valence electrons. The minimum Gasteiger partial charge on any atom is -0.494 e. The van der Waals surface area contributed by atoms with E-state index < -0.39 is 0 Å². The lowest BCUT2D eigenvalue weighted by Crippen LogP contribution is -1.94. The van der Waals surface area contributed by atoms with E-state index in [1.165, 1.54) is 0 Å². The van der Waals surface area contributed by atoms with Crippen molar-refractivity contribution in [3.8, 4) is 5.75 Å². The Balaban J connectivity index is 2.35. The van der Waals surface area contributed by atoms with E-state index in [1.54, 1.807) is 13.3 Å². The zero-order valence-electron chi connectivity index (χ0n) is 9.27. The van der Waals surface area contributed by atoms with Gasteiger partial charge < -0.3 is 4.74 Å². The number of nitrogens with one attached hydrogen (secondary N) is 1. The van der Waals surface area contributed by atoms with E-state index in [9.17, 15) is 0 Å². The van der Waals surface area contributed by atoms with Gasteiger partial charge in [-0.3, -0.25) is 5.10 Å². The predicted molar refractivity (Wildman–Crippen MR) is 63.5 cm³/mol. The van der Waals surface area contributed by atoms with E-state index in [0.29, 0.717) is 0 Å². The van der Waals surface area contributed by atoms with Crippen LogP contribution >= 0.6 is 0 Å². The van der Waals surface area contributed by atoms with E-state index in [0.717, 1.165) is 22.8 Å². The molecule has 2 aromatic rings. The summed E-state index contributed by atoms with van der Waals surface area (Å²) in [6.45, 7) is 1.93. The molecule has 1 N–H and O–H groups in total. The third kappa shape index (κ3) is 2.11. The fourth-order valence-electron chi connectivity index (χ4n) is 1.42. The molecule has 0 saturated carbocycles. The number of rotatable bonds is 3. The molecular formula is C12H13N3O. The molecule has 0 bridgehead atoms. The summed E-state index contributed by atoms with van der Waals surface area (Å²) >= 11 is 0. The summed E-state index contributed by atoms with van der Waals surface area (Å²) < 4.78 is 5.23. The van der Waals surface area contributed by atoms with Gasteiger partial charge in [-0.15, -0.1) is 0 Å². The Kier molecular flexibility index (Phi) is 3.00. The number of H-pyrrole nitrogens is 1. The fourth-order valence-corrected chi connectivity index (χ4v) is 1.42. The Hall–Kier alpha value is -2.10. The van der Waals surface area contributed by atoms with Crippen LogP contribution in [0.1, 0.15) is 12.6 Å². The summed E-state index contributed by atoms with van der Waals surface area (Å²) in [5, 5.41) is 6.76. The first-order valence-electron chi connectivity index (χ1n) is 4.99. The molecule has 4 heteroatoms. The van der Waals surface area contributed by atoms with Crippen molar-refractivity contribution in [2.24, 2.45) is 4.99 Å².